The maximum atomic E-state index is 13.1. The molecule has 0 spiro atoms. The average molecular weight is 384 g/mol. The Bertz CT molecular complexity index is 778. The van der Waals surface area contributed by atoms with Crippen molar-refractivity contribution in [2.45, 2.75) is 26.4 Å². The molecule has 0 aliphatic carbocycles. The highest BCUT2D eigenvalue weighted by molar-refractivity contribution is 5.78. The number of amides is 1. The standard InChI is InChI=1S/C23H30FN3O/c1-19-6-3-4-7-21(19)17-25(2)23(28)18-27-13-5-12-26(14-15-27)16-20-8-10-22(24)11-9-20/h3-4,6-11H,5,12-18H2,1-2H3. The van der Waals surface area contributed by atoms with Crippen LogP contribution in [0.3, 0.4) is 0 Å². The molecule has 1 aliphatic heterocycles. The topological polar surface area (TPSA) is 26.8 Å². The molecular weight excluding hydrogens is 353 g/mol. The van der Waals surface area contributed by atoms with Gasteiger partial charge in [0, 0.05) is 33.2 Å². The molecule has 0 saturated carbocycles. The Morgan fingerprint density at radius 2 is 1.68 bits per heavy atom. The number of benzene rings is 2. The van der Waals surface area contributed by atoms with Gasteiger partial charge in [0.1, 0.15) is 5.82 Å². The van der Waals surface area contributed by atoms with E-state index in [9.17, 15) is 9.18 Å². The minimum atomic E-state index is -0.195. The molecule has 4 nitrogen and oxygen atoms in total. The van der Waals surface area contributed by atoms with Gasteiger partial charge in [0.05, 0.1) is 6.54 Å². The number of aryl methyl sites for hydroxylation is 1. The van der Waals surface area contributed by atoms with Crippen LogP contribution in [-0.4, -0.2) is 60.4 Å². The Kier molecular flexibility index (Phi) is 7.18. The van der Waals surface area contributed by atoms with E-state index >= 15 is 0 Å². The van der Waals surface area contributed by atoms with Crippen molar-refractivity contribution in [3.05, 3.63) is 71.0 Å². The van der Waals surface area contributed by atoms with Crippen molar-refractivity contribution >= 4 is 5.91 Å². The van der Waals surface area contributed by atoms with E-state index in [1.165, 1.54) is 23.3 Å². The van der Waals surface area contributed by atoms with E-state index in [4.69, 9.17) is 0 Å². The summed E-state index contributed by atoms with van der Waals surface area (Å²) in [7, 11) is 1.88. The normalized spacial score (nSPS) is 16.0. The number of halogens is 1. The van der Waals surface area contributed by atoms with Gasteiger partial charge < -0.3 is 4.90 Å². The average Bonchev–Trinajstić information content (AvgIpc) is 2.90. The molecule has 1 saturated heterocycles. The largest absolute Gasteiger partial charge is 0.340 e. The zero-order valence-corrected chi connectivity index (χ0v) is 16.9. The van der Waals surface area contributed by atoms with Gasteiger partial charge in [-0.15, -0.1) is 0 Å². The number of carbonyl (C=O) groups excluding carboxylic acids is 1. The smallest absolute Gasteiger partial charge is 0.236 e. The van der Waals surface area contributed by atoms with Crippen molar-refractivity contribution in [3.63, 3.8) is 0 Å². The predicted molar refractivity (Wildman–Crippen MR) is 110 cm³/mol. The van der Waals surface area contributed by atoms with Crippen molar-refractivity contribution in [1.82, 2.24) is 14.7 Å². The van der Waals surface area contributed by atoms with E-state index < -0.39 is 0 Å². The van der Waals surface area contributed by atoms with Crippen molar-refractivity contribution in [1.29, 1.82) is 0 Å². The summed E-state index contributed by atoms with van der Waals surface area (Å²) in [6.45, 7) is 7.76. The minimum absolute atomic E-state index is 0.162. The van der Waals surface area contributed by atoms with Crippen LogP contribution in [0.4, 0.5) is 4.39 Å². The maximum Gasteiger partial charge on any atom is 0.236 e. The van der Waals surface area contributed by atoms with Gasteiger partial charge >= 0.3 is 0 Å². The predicted octanol–water partition coefficient (Wildman–Crippen LogP) is 3.30. The van der Waals surface area contributed by atoms with E-state index in [1.807, 2.05) is 36.2 Å². The monoisotopic (exact) mass is 383 g/mol. The number of hydrogen-bond acceptors (Lipinski definition) is 3. The number of rotatable bonds is 6. The van der Waals surface area contributed by atoms with Gasteiger partial charge in [0.2, 0.25) is 5.91 Å². The van der Waals surface area contributed by atoms with Crippen LogP contribution < -0.4 is 0 Å². The molecule has 0 radical (unpaired) electrons. The van der Waals surface area contributed by atoms with Gasteiger partial charge in [-0.05, 0) is 55.3 Å². The van der Waals surface area contributed by atoms with Gasteiger partial charge in [-0.3, -0.25) is 14.6 Å². The Morgan fingerprint density at radius 1 is 1.00 bits per heavy atom. The number of likely N-dealkylation sites (N-methyl/N-ethyl adjacent to an activating group) is 1. The molecule has 1 aliphatic rings. The third-order valence-electron chi connectivity index (χ3n) is 5.45. The molecule has 0 unspecified atom stereocenters. The molecule has 1 fully saturated rings. The van der Waals surface area contributed by atoms with Crippen LogP contribution >= 0.6 is 0 Å². The van der Waals surface area contributed by atoms with E-state index in [0.717, 1.165) is 44.7 Å². The molecule has 2 aromatic rings. The molecule has 1 heterocycles. The van der Waals surface area contributed by atoms with E-state index in [1.54, 1.807) is 0 Å². The third kappa shape index (κ3) is 5.88. The summed E-state index contributed by atoms with van der Waals surface area (Å²) >= 11 is 0. The lowest BCUT2D eigenvalue weighted by atomic mass is 10.1. The molecule has 3 rings (SSSR count). The first kappa shape index (κ1) is 20.5. The fraction of sp³-hybridized carbons (Fsp3) is 0.435. The Morgan fingerprint density at radius 3 is 2.43 bits per heavy atom. The fourth-order valence-corrected chi connectivity index (χ4v) is 3.63. The summed E-state index contributed by atoms with van der Waals surface area (Å²) in [6, 6.07) is 14.9. The molecule has 2 aromatic carbocycles. The Labute approximate surface area is 167 Å². The lowest BCUT2D eigenvalue weighted by Gasteiger charge is -2.24. The zero-order chi connectivity index (χ0) is 19.9. The maximum absolute atomic E-state index is 13.1. The van der Waals surface area contributed by atoms with E-state index in [0.29, 0.717) is 13.1 Å². The molecule has 0 N–H and O–H groups in total. The third-order valence-corrected chi connectivity index (χ3v) is 5.45. The number of nitrogens with zero attached hydrogens (tertiary/aromatic N) is 3. The molecule has 0 aromatic heterocycles. The van der Waals surface area contributed by atoms with Gasteiger partial charge in [-0.1, -0.05) is 36.4 Å². The van der Waals surface area contributed by atoms with Crippen LogP contribution in [0.25, 0.3) is 0 Å². The first-order valence-corrected chi connectivity index (χ1v) is 9.99. The number of carbonyl (C=O) groups is 1. The van der Waals surface area contributed by atoms with Crippen molar-refractivity contribution in [3.8, 4) is 0 Å². The summed E-state index contributed by atoms with van der Waals surface area (Å²) in [6.07, 6.45) is 1.04. The lowest BCUT2D eigenvalue weighted by Crippen LogP contribution is -2.40. The second-order valence-corrected chi connectivity index (χ2v) is 7.71. The van der Waals surface area contributed by atoms with E-state index in [-0.39, 0.29) is 11.7 Å². The SMILES string of the molecule is Cc1ccccc1CN(C)C(=O)CN1CCCN(Cc2ccc(F)cc2)CC1. The van der Waals surface area contributed by atoms with Crippen molar-refractivity contribution in [2.75, 3.05) is 39.8 Å². The van der Waals surface area contributed by atoms with Crippen LogP contribution in [-0.2, 0) is 17.9 Å². The Hall–Kier alpha value is -2.24. The van der Waals surface area contributed by atoms with Gasteiger partial charge in [-0.25, -0.2) is 4.39 Å². The first-order chi connectivity index (χ1) is 13.5. The van der Waals surface area contributed by atoms with Crippen molar-refractivity contribution in [2.24, 2.45) is 0 Å². The van der Waals surface area contributed by atoms with E-state index in [2.05, 4.69) is 28.9 Å². The second-order valence-electron chi connectivity index (χ2n) is 7.71. The summed E-state index contributed by atoms with van der Waals surface area (Å²) in [5.74, 6) is -0.0330. The minimum Gasteiger partial charge on any atom is -0.340 e. The highest BCUT2D eigenvalue weighted by atomic mass is 19.1. The zero-order valence-electron chi connectivity index (χ0n) is 16.9. The van der Waals surface area contributed by atoms with Crippen molar-refractivity contribution < 1.29 is 9.18 Å². The molecule has 0 bridgehead atoms. The quantitative estimate of drug-likeness (QED) is 0.766. The van der Waals surface area contributed by atoms with Crippen LogP contribution in [0, 0.1) is 12.7 Å². The van der Waals surface area contributed by atoms with Gasteiger partial charge in [0.15, 0.2) is 0 Å². The molecule has 150 valence electrons. The van der Waals surface area contributed by atoms with Crippen LogP contribution in [0.5, 0.6) is 0 Å². The van der Waals surface area contributed by atoms with Crippen LogP contribution in [0.2, 0.25) is 0 Å². The molecule has 1 amide bonds. The Balaban J connectivity index is 1.47. The highest BCUT2D eigenvalue weighted by Crippen LogP contribution is 2.12. The molecular formula is C23H30FN3O. The summed E-state index contributed by atoms with van der Waals surface area (Å²) in [4.78, 5) is 19.1. The van der Waals surface area contributed by atoms with Gasteiger partial charge in [-0.2, -0.15) is 0 Å². The first-order valence-electron chi connectivity index (χ1n) is 9.99. The summed E-state index contributed by atoms with van der Waals surface area (Å²) in [5.41, 5.74) is 3.54. The van der Waals surface area contributed by atoms with Gasteiger partial charge in [0.25, 0.3) is 0 Å². The lowest BCUT2D eigenvalue weighted by molar-refractivity contribution is -0.131. The summed E-state index contributed by atoms with van der Waals surface area (Å²) in [5, 5.41) is 0. The van der Waals surface area contributed by atoms with Crippen LogP contribution in [0.15, 0.2) is 48.5 Å². The fourth-order valence-electron chi connectivity index (χ4n) is 3.63. The summed E-state index contributed by atoms with van der Waals surface area (Å²) < 4.78 is 13.1. The molecule has 0 atom stereocenters. The molecule has 5 heteroatoms. The molecule has 28 heavy (non-hydrogen) atoms. The van der Waals surface area contributed by atoms with Crippen LogP contribution in [0.1, 0.15) is 23.1 Å². The highest BCUT2D eigenvalue weighted by Gasteiger charge is 2.19. The number of hydrogen-bond donors (Lipinski definition) is 0. The second kappa shape index (κ2) is 9.80.